The minimum atomic E-state index is -0.625. The Balaban J connectivity index is 1.51. The number of nitrogens with zero attached hydrogens (tertiary/aromatic N) is 3. The van der Waals surface area contributed by atoms with Gasteiger partial charge in [0.15, 0.2) is 12.3 Å². The van der Waals surface area contributed by atoms with Crippen molar-refractivity contribution in [2.75, 3.05) is 11.5 Å². The number of esters is 1. The largest absolute Gasteiger partial charge is 0.451 e. The summed E-state index contributed by atoms with van der Waals surface area (Å²) >= 11 is 0. The first-order chi connectivity index (χ1) is 15.0. The third-order valence-electron chi connectivity index (χ3n) is 5.03. The minimum Gasteiger partial charge on any atom is -0.451 e. The summed E-state index contributed by atoms with van der Waals surface area (Å²) in [4.78, 5) is 31.5. The van der Waals surface area contributed by atoms with Gasteiger partial charge >= 0.3 is 5.97 Å². The number of hydrogen-bond acceptors (Lipinski definition) is 4. The van der Waals surface area contributed by atoms with Crippen molar-refractivity contribution in [3.8, 4) is 0 Å². The van der Waals surface area contributed by atoms with E-state index in [-0.39, 0.29) is 18.2 Å². The SMILES string of the molecule is Cc1cccc(N(Cc2ccccc2)C(=O)COC(=O)c2cn3c(C)cccc3n2)c1. The fraction of sp³-hybridized carbons (Fsp3) is 0.160. The second-order valence-electron chi connectivity index (χ2n) is 7.40. The van der Waals surface area contributed by atoms with Gasteiger partial charge in [0.2, 0.25) is 0 Å². The summed E-state index contributed by atoms with van der Waals surface area (Å²) in [7, 11) is 0. The summed E-state index contributed by atoms with van der Waals surface area (Å²) in [6.45, 7) is 3.91. The smallest absolute Gasteiger partial charge is 0.359 e. The number of amides is 1. The van der Waals surface area contributed by atoms with Gasteiger partial charge in [-0.2, -0.15) is 0 Å². The van der Waals surface area contributed by atoms with Crippen molar-refractivity contribution in [1.82, 2.24) is 9.38 Å². The number of aromatic nitrogens is 2. The van der Waals surface area contributed by atoms with Gasteiger partial charge in [-0.15, -0.1) is 0 Å². The van der Waals surface area contributed by atoms with E-state index in [9.17, 15) is 9.59 Å². The number of anilines is 1. The molecule has 0 N–H and O–H groups in total. The molecule has 0 atom stereocenters. The molecular weight excluding hydrogens is 390 g/mol. The second-order valence-corrected chi connectivity index (χ2v) is 7.40. The molecule has 6 heteroatoms. The van der Waals surface area contributed by atoms with Crippen LogP contribution in [-0.2, 0) is 16.1 Å². The third-order valence-corrected chi connectivity index (χ3v) is 5.03. The Morgan fingerprint density at radius 1 is 0.968 bits per heavy atom. The molecular formula is C25H23N3O3. The molecule has 0 unspecified atom stereocenters. The molecule has 156 valence electrons. The molecule has 4 rings (SSSR count). The van der Waals surface area contributed by atoms with Crippen molar-refractivity contribution in [2.45, 2.75) is 20.4 Å². The quantitative estimate of drug-likeness (QED) is 0.441. The molecule has 2 aromatic carbocycles. The van der Waals surface area contributed by atoms with E-state index in [1.165, 1.54) is 0 Å². The lowest BCUT2D eigenvalue weighted by molar-refractivity contribution is -0.121. The molecule has 0 fully saturated rings. The lowest BCUT2D eigenvalue weighted by Gasteiger charge is -2.23. The van der Waals surface area contributed by atoms with Crippen LogP contribution in [0.25, 0.3) is 5.65 Å². The Kier molecular flexibility index (Phi) is 5.80. The summed E-state index contributed by atoms with van der Waals surface area (Å²) in [6, 6.07) is 23.0. The van der Waals surface area contributed by atoms with Crippen LogP contribution in [0.2, 0.25) is 0 Å². The number of fused-ring (bicyclic) bond motifs is 1. The summed E-state index contributed by atoms with van der Waals surface area (Å²) in [6.07, 6.45) is 1.62. The zero-order valence-electron chi connectivity index (χ0n) is 17.5. The molecule has 2 aromatic heterocycles. The Labute approximate surface area is 180 Å². The highest BCUT2D eigenvalue weighted by atomic mass is 16.5. The van der Waals surface area contributed by atoms with Crippen LogP contribution >= 0.6 is 0 Å². The fourth-order valence-electron chi connectivity index (χ4n) is 3.41. The molecule has 1 amide bonds. The molecule has 6 nitrogen and oxygen atoms in total. The van der Waals surface area contributed by atoms with Gasteiger partial charge in [-0.25, -0.2) is 9.78 Å². The number of aryl methyl sites for hydroxylation is 2. The highest BCUT2D eigenvalue weighted by Crippen LogP contribution is 2.19. The molecule has 0 saturated heterocycles. The van der Waals surface area contributed by atoms with Crippen molar-refractivity contribution < 1.29 is 14.3 Å². The fourth-order valence-corrected chi connectivity index (χ4v) is 3.41. The van der Waals surface area contributed by atoms with Crippen LogP contribution in [0.5, 0.6) is 0 Å². The van der Waals surface area contributed by atoms with E-state index >= 15 is 0 Å². The van der Waals surface area contributed by atoms with Crippen molar-refractivity contribution in [2.24, 2.45) is 0 Å². The molecule has 0 spiro atoms. The van der Waals surface area contributed by atoms with Crippen molar-refractivity contribution in [3.05, 3.63) is 102 Å². The molecule has 0 aliphatic carbocycles. The number of hydrogen-bond donors (Lipinski definition) is 0. The van der Waals surface area contributed by atoms with Crippen LogP contribution in [0.3, 0.4) is 0 Å². The van der Waals surface area contributed by atoms with Gasteiger partial charge in [0.1, 0.15) is 5.65 Å². The number of carbonyl (C=O) groups excluding carboxylic acids is 2. The van der Waals surface area contributed by atoms with E-state index in [1.54, 1.807) is 11.1 Å². The Hall–Kier alpha value is -3.93. The zero-order valence-corrected chi connectivity index (χ0v) is 17.5. The summed E-state index contributed by atoms with van der Waals surface area (Å²) in [5.74, 6) is -0.928. The highest BCUT2D eigenvalue weighted by molar-refractivity contribution is 5.96. The molecule has 2 heterocycles. The minimum absolute atomic E-state index is 0.173. The van der Waals surface area contributed by atoms with E-state index in [0.717, 1.165) is 22.5 Å². The Morgan fingerprint density at radius 3 is 2.48 bits per heavy atom. The number of pyridine rings is 1. The molecule has 4 aromatic rings. The van der Waals surface area contributed by atoms with Gasteiger partial charge < -0.3 is 14.0 Å². The predicted octanol–water partition coefficient (Wildman–Crippen LogP) is 4.34. The summed E-state index contributed by atoms with van der Waals surface area (Å²) in [5, 5.41) is 0. The number of imidazole rings is 1. The van der Waals surface area contributed by atoms with Gasteiger partial charge in [0.25, 0.3) is 5.91 Å². The molecule has 0 bridgehead atoms. The number of rotatable bonds is 6. The second kappa shape index (κ2) is 8.83. The van der Waals surface area contributed by atoms with Crippen LogP contribution in [0.1, 0.15) is 27.3 Å². The maximum absolute atomic E-state index is 13.0. The summed E-state index contributed by atoms with van der Waals surface area (Å²) < 4.78 is 7.14. The lowest BCUT2D eigenvalue weighted by Crippen LogP contribution is -2.34. The first-order valence-electron chi connectivity index (χ1n) is 10.0. The lowest BCUT2D eigenvalue weighted by atomic mass is 10.1. The van der Waals surface area contributed by atoms with Crippen LogP contribution in [0.4, 0.5) is 5.69 Å². The molecule has 0 radical (unpaired) electrons. The summed E-state index contributed by atoms with van der Waals surface area (Å²) in [5.41, 5.74) is 4.57. The number of benzene rings is 2. The topological polar surface area (TPSA) is 63.9 Å². The molecule has 31 heavy (non-hydrogen) atoms. The highest BCUT2D eigenvalue weighted by Gasteiger charge is 2.20. The van der Waals surface area contributed by atoms with Gasteiger partial charge in [-0.05, 0) is 49.2 Å². The number of carbonyl (C=O) groups is 2. The van der Waals surface area contributed by atoms with E-state index in [4.69, 9.17) is 4.74 Å². The molecule has 0 aliphatic heterocycles. The zero-order chi connectivity index (χ0) is 21.8. The number of ether oxygens (including phenoxy) is 1. The maximum Gasteiger partial charge on any atom is 0.359 e. The van der Waals surface area contributed by atoms with Gasteiger partial charge in [-0.1, -0.05) is 48.5 Å². The van der Waals surface area contributed by atoms with Crippen molar-refractivity contribution >= 4 is 23.2 Å². The van der Waals surface area contributed by atoms with Crippen LogP contribution in [-0.4, -0.2) is 27.9 Å². The Morgan fingerprint density at radius 2 is 1.74 bits per heavy atom. The van der Waals surface area contributed by atoms with E-state index in [0.29, 0.717) is 12.2 Å². The Bertz CT molecular complexity index is 1230. The van der Waals surface area contributed by atoms with E-state index in [1.807, 2.05) is 91.0 Å². The van der Waals surface area contributed by atoms with E-state index in [2.05, 4.69) is 4.98 Å². The van der Waals surface area contributed by atoms with Crippen LogP contribution in [0, 0.1) is 13.8 Å². The van der Waals surface area contributed by atoms with Crippen LogP contribution in [0.15, 0.2) is 79.0 Å². The molecule has 0 saturated carbocycles. The third kappa shape index (κ3) is 4.64. The van der Waals surface area contributed by atoms with E-state index < -0.39 is 5.97 Å². The maximum atomic E-state index is 13.0. The monoisotopic (exact) mass is 413 g/mol. The van der Waals surface area contributed by atoms with Gasteiger partial charge in [0.05, 0.1) is 6.54 Å². The normalized spacial score (nSPS) is 10.8. The van der Waals surface area contributed by atoms with Gasteiger partial charge in [-0.3, -0.25) is 4.79 Å². The average Bonchev–Trinajstić information content (AvgIpc) is 3.22. The van der Waals surface area contributed by atoms with Crippen molar-refractivity contribution in [1.29, 1.82) is 0 Å². The predicted molar refractivity (Wildman–Crippen MR) is 119 cm³/mol. The average molecular weight is 413 g/mol. The van der Waals surface area contributed by atoms with Gasteiger partial charge in [0, 0.05) is 17.6 Å². The first kappa shape index (κ1) is 20.3. The molecule has 0 aliphatic rings. The van der Waals surface area contributed by atoms with Crippen LogP contribution < -0.4 is 4.90 Å². The first-order valence-corrected chi connectivity index (χ1v) is 10.0. The standard InChI is InChI=1S/C25H23N3O3/c1-18-8-6-12-21(14-18)28(15-20-10-4-3-5-11-20)24(29)17-31-25(30)22-16-27-19(2)9-7-13-23(27)26-22/h3-14,16H,15,17H2,1-2H3. The van der Waals surface area contributed by atoms with Crippen molar-refractivity contribution in [3.63, 3.8) is 0 Å².